The lowest BCUT2D eigenvalue weighted by Crippen LogP contribution is -2.08. The first kappa shape index (κ1) is 14.1. The molecule has 0 aromatic heterocycles. The van der Waals surface area contributed by atoms with E-state index in [1.807, 2.05) is 18.2 Å². The second-order valence-corrected chi connectivity index (χ2v) is 5.10. The summed E-state index contributed by atoms with van der Waals surface area (Å²) >= 11 is 0. The Labute approximate surface area is 121 Å². The summed E-state index contributed by atoms with van der Waals surface area (Å²) < 4.78 is 0. The number of aryl methyl sites for hydroxylation is 2. The van der Waals surface area contributed by atoms with Crippen molar-refractivity contribution in [2.75, 3.05) is 5.32 Å². The van der Waals surface area contributed by atoms with Crippen LogP contribution in [-0.2, 0) is 6.42 Å². The normalized spacial score (nSPS) is 11.7. The second kappa shape index (κ2) is 6.25. The van der Waals surface area contributed by atoms with Crippen molar-refractivity contribution in [1.82, 2.24) is 0 Å². The third-order valence-corrected chi connectivity index (χ3v) is 3.63. The van der Waals surface area contributed by atoms with Crippen molar-refractivity contribution in [2.24, 2.45) is 0 Å². The van der Waals surface area contributed by atoms with Gasteiger partial charge in [-0.05, 0) is 49.1 Å². The average Bonchev–Trinajstić information content (AvgIpc) is 2.49. The lowest BCUT2D eigenvalue weighted by molar-refractivity contribution is 0.880. The molecule has 0 heterocycles. The fourth-order valence-electron chi connectivity index (χ4n) is 2.21. The Morgan fingerprint density at radius 3 is 2.45 bits per heavy atom. The van der Waals surface area contributed by atoms with Gasteiger partial charge in [-0.3, -0.25) is 0 Å². The maximum atomic E-state index is 8.98. The summed E-state index contributed by atoms with van der Waals surface area (Å²) in [5, 5.41) is 12.5. The summed E-state index contributed by atoms with van der Waals surface area (Å²) in [6.07, 6.45) is 1.06. The van der Waals surface area contributed by atoms with Crippen LogP contribution in [0.3, 0.4) is 0 Å². The van der Waals surface area contributed by atoms with Crippen LogP contribution >= 0.6 is 0 Å². The third kappa shape index (κ3) is 3.19. The van der Waals surface area contributed by atoms with Gasteiger partial charge in [-0.25, -0.2) is 0 Å². The van der Waals surface area contributed by atoms with Crippen molar-refractivity contribution in [2.45, 2.75) is 33.2 Å². The second-order valence-electron chi connectivity index (χ2n) is 5.10. The summed E-state index contributed by atoms with van der Waals surface area (Å²) in [7, 11) is 0. The lowest BCUT2D eigenvalue weighted by Gasteiger charge is -2.18. The van der Waals surface area contributed by atoms with Gasteiger partial charge < -0.3 is 5.32 Å². The lowest BCUT2D eigenvalue weighted by atomic mass is 10.0. The summed E-state index contributed by atoms with van der Waals surface area (Å²) in [5.41, 5.74) is 5.47. The van der Waals surface area contributed by atoms with Gasteiger partial charge in [0.2, 0.25) is 0 Å². The molecule has 2 heteroatoms. The highest BCUT2D eigenvalue weighted by molar-refractivity contribution is 5.56. The molecule has 0 radical (unpaired) electrons. The Morgan fingerprint density at radius 1 is 1.15 bits per heavy atom. The highest BCUT2D eigenvalue weighted by atomic mass is 14.9. The molecular weight excluding hydrogens is 244 g/mol. The fraction of sp³-hybridized carbons (Fsp3) is 0.278. The van der Waals surface area contributed by atoms with E-state index in [9.17, 15) is 0 Å². The highest BCUT2D eigenvalue weighted by Gasteiger charge is 2.07. The molecule has 0 saturated carbocycles. The predicted octanol–water partition coefficient (Wildman–Crippen LogP) is 4.60. The van der Waals surface area contributed by atoms with Crippen molar-refractivity contribution < 1.29 is 0 Å². The summed E-state index contributed by atoms with van der Waals surface area (Å²) in [5.74, 6) is 0. The average molecular weight is 264 g/mol. The molecular formula is C18H20N2. The van der Waals surface area contributed by atoms with Gasteiger partial charge >= 0.3 is 0 Å². The van der Waals surface area contributed by atoms with Gasteiger partial charge in [0.15, 0.2) is 0 Å². The highest BCUT2D eigenvalue weighted by Crippen LogP contribution is 2.23. The van der Waals surface area contributed by atoms with E-state index in [0.29, 0.717) is 5.56 Å². The summed E-state index contributed by atoms with van der Waals surface area (Å²) in [6, 6.07) is 16.8. The van der Waals surface area contributed by atoms with Crippen LogP contribution in [0, 0.1) is 18.3 Å². The Morgan fingerprint density at radius 2 is 1.85 bits per heavy atom. The molecule has 20 heavy (non-hydrogen) atoms. The zero-order valence-corrected chi connectivity index (χ0v) is 12.3. The maximum absolute atomic E-state index is 8.98. The van der Waals surface area contributed by atoms with Crippen molar-refractivity contribution in [3.8, 4) is 6.07 Å². The summed E-state index contributed by atoms with van der Waals surface area (Å²) in [6.45, 7) is 6.35. The zero-order chi connectivity index (χ0) is 14.5. The first-order valence-electron chi connectivity index (χ1n) is 7.00. The largest absolute Gasteiger partial charge is 0.378 e. The molecule has 0 aliphatic rings. The minimum atomic E-state index is 0.216. The maximum Gasteiger partial charge on any atom is 0.0992 e. The quantitative estimate of drug-likeness (QED) is 0.875. The number of nitrogens with zero attached hydrogens (tertiary/aromatic N) is 1. The van der Waals surface area contributed by atoms with Crippen LogP contribution in [-0.4, -0.2) is 0 Å². The molecule has 0 amide bonds. The van der Waals surface area contributed by atoms with E-state index in [1.165, 1.54) is 11.1 Å². The van der Waals surface area contributed by atoms with Crippen LogP contribution < -0.4 is 5.32 Å². The topological polar surface area (TPSA) is 35.8 Å². The molecule has 2 aromatic rings. The van der Waals surface area contributed by atoms with Gasteiger partial charge in [-0.1, -0.05) is 37.3 Å². The van der Waals surface area contributed by atoms with E-state index in [4.69, 9.17) is 5.26 Å². The van der Waals surface area contributed by atoms with Crippen molar-refractivity contribution in [3.63, 3.8) is 0 Å². The Bertz CT molecular complexity index is 621. The van der Waals surface area contributed by atoms with E-state index >= 15 is 0 Å². The van der Waals surface area contributed by atoms with Gasteiger partial charge in [-0.15, -0.1) is 0 Å². The van der Waals surface area contributed by atoms with Gasteiger partial charge in [0.1, 0.15) is 0 Å². The van der Waals surface area contributed by atoms with E-state index in [2.05, 4.69) is 56.4 Å². The molecule has 0 bridgehead atoms. The van der Waals surface area contributed by atoms with Crippen molar-refractivity contribution in [3.05, 3.63) is 64.7 Å². The number of hydrogen-bond acceptors (Lipinski definition) is 2. The number of anilines is 1. The minimum absolute atomic E-state index is 0.216. The fourth-order valence-corrected chi connectivity index (χ4v) is 2.21. The number of nitriles is 1. The predicted molar refractivity (Wildman–Crippen MR) is 83.8 cm³/mol. The van der Waals surface area contributed by atoms with Gasteiger partial charge in [-0.2, -0.15) is 5.26 Å². The summed E-state index contributed by atoms with van der Waals surface area (Å²) in [4.78, 5) is 0. The van der Waals surface area contributed by atoms with E-state index in [0.717, 1.165) is 17.7 Å². The minimum Gasteiger partial charge on any atom is -0.378 e. The number of nitrogens with one attached hydrogen (secondary N) is 1. The molecule has 102 valence electrons. The SMILES string of the molecule is CCc1ccc(C(C)Nc2cc(C#N)ccc2C)cc1. The number of rotatable bonds is 4. The zero-order valence-electron chi connectivity index (χ0n) is 12.3. The third-order valence-electron chi connectivity index (χ3n) is 3.63. The van der Waals surface area contributed by atoms with Crippen LogP contribution in [0.5, 0.6) is 0 Å². The van der Waals surface area contributed by atoms with E-state index < -0.39 is 0 Å². The molecule has 0 saturated heterocycles. The Balaban J connectivity index is 2.18. The number of hydrogen-bond donors (Lipinski definition) is 1. The van der Waals surface area contributed by atoms with E-state index in [1.54, 1.807) is 0 Å². The molecule has 2 rings (SSSR count). The van der Waals surface area contributed by atoms with Crippen LogP contribution in [0.25, 0.3) is 0 Å². The van der Waals surface area contributed by atoms with Gasteiger partial charge in [0, 0.05) is 11.7 Å². The molecule has 0 aliphatic heterocycles. The molecule has 0 spiro atoms. The van der Waals surface area contributed by atoms with Crippen molar-refractivity contribution >= 4 is 5.69 Å². The first-order valence-corrected chi connectivity index (χ1v) is 7.00. The molecule has 2 aromatic carbocycles. The van der Waals surface area contributed by atoms with Crippen LogP contribution in [0.1, 0.15) is 42.1 Å². The molecule has 0 aliphatic carbocycles. The Hall–Kier alpha value is -2.27. The molecule has 1 N–H and O–H groups in total. The van der Waals surface area contributed by atoms with Crippen LogP contribution in [0.4, 0.5) is 5.69 Å². The van der Waals surface area contributed by atoms with Gasteiger partial charge in [0.05, 0.1) is 11.6 Å². The molecule has 2 nitrogen and oxygen atoms in total. The first-order chi connectivity index (χ1) is 9.63. The number of benzene rings is 2. The van der Waals surface area contributed by atoms with Crippen LogP contribution in [0.15, 0.2) is 42.5 Å². The molecule has 1 unspecified atom stereocenters. The van der Waals surface area contributed by atoms with Gasteiger partial charge in [0.25, 0.3) is 0 Å². The monoisotopic (exact) mass is 264 g/mol. The smallest absolute Gasteiger partial charge is 0.0992 e. The van der Waals surface area contributed by atoms with Crippen molar-refractivity contribution in [1.29, 1.82) is 5.26 Å². The molecule has 1 atom stereocenters. The standard InChI is InChI=1S/C18H20N2/c1-4-15-7-9-17(10-8-15)14(3)20-18-11-16(12-19)6-5-13(18)2/h5-11,14,20H,4H2,1-3H3. The Kier molecular flexibility index (Phi) is 4.42. The van der Waals surface area contributed by atoms with Crippen LogP contribution in [0.2, 0.25) is 0 Å². The van der Waals surface area contributed by atoms with E-state index in [-0.39, 0.29) is 6.04 Å². The molecule has 0 fully saturated rings.